The van der Waals surface area contributed by atoms with Crippen LogP contribution in [0.2, 0.25) is 0 Å². The highest BCUT2D eigenvalue weighted by Crippen LogP contribution is 2.30. The maximum Gasteiger partial charge on any atom is 0.273 e. The molecule has 8 nitrogen and oxygen atoms in total. The first-order valence-electron chi connectivity index (χ1n) is 11.7. The van der Waals surface area contributed by atoms with Gasteiger partial charge in [0.05, 0.1) is 35.5 Å². The van der Waals surface area contributed by atoms with Crippen LogP contribution < -0.4 is 14.5 Å². The number of rotatable bonds is 9. The minimum absolute atomic E-state index is 0.000318. The molecule has 1 amide bonds. The summed E-state index contributed by atoms with van der Waals surface area (Å²) in [5.74, 6) is -0.0441. The van der Waals surface area contributed by atoms with E-state index in [0.29, 0.717) is 17.0 Å². The predicted octanol–water partition coefficient (Wildman–Crippen LogP) is 4.95. The molecule has 9 heteroatoms. The number of sulfonamides is 1. The number of anilines is 1. The number of phenolic OH excluding ortho intramolecular Hbond substituents is 1. The maximum absolute atomic E-state index is 13.9. The molecule has 0 aromatic heterocycles. The quantitative estimate of drug-likeness (QED) is 0.236. The SMILES string of the molecule is COc1ccc(S(=O)(=O)N(Cc2ccccc2)c2ccccc2C(=O)NN=C(C)c2ccccc2O)cc1. The van der Waals surface area contributed by atoms with Crippen molar-refractivity contribution in [2.45, 2.75) is 18.4 Å². The van der Waals surface area contributed by atoms with Crippen LogP contribution in [0.15, 0.2) is 113 Å². The Kier molecular flexibility index (Phi) is 8.08. The topological polar surface area (TPSA) is 108 Å². The number of carbonyl (C=O) groups excluding carboxylic acids is 1. The molecule has 38 heavy (non-hydrogen) atoms. The fourth-order valence-electron chi connectivity index (χ4n) is 3.84. The summed E-state index contributed by atoms with van der Waals surface area (Å²) < 4.78 is 34.2. The molecule has 0 saturated carbocycles. The molecule has 2 N–H and O–H groups in total. The molecule has 0 heterocycles. The van der Waals surface area contributed by atoms with E-state index in [1.54, 1.807) is 55.5 Å². The number of carbonyl (C=O) groups is 1. The van der Waals surface area contributed by atoms with Crippen LogP contribution >= 0.6 is 0 Å². The number of methoxy groups -OCH3 is 1. The molecular weight excluding hydrogens is 502 g/mol. The molecule has 0 aliphatic carbocycles. The molecule has 0 radical (unpaired) electrons. The number of ether oxygens (including phenoxy) is 1. The van der Waals surface area contributed by atoms with Crippen LogP contribution in [-0.2, 0) is 16.6 Å². The summed E-state index contributed by atoms with van der Waals surface area (Å²) in [5.41, 5.74) is 4.40. The summed E-state index contributed by atoms with van der Waals surface area (Å²) in [7, 11) is -2.58. The van der Waals surface area contributed by atoms with Crippen LogP contribution in [0.1, 0.15) is 28.4 Å². The van der Waals surface area contributed by atoms with Gasteiger partial charge in [-0.15, -0.1) is 0 Å². The highest BCUT2D eigenvalue weighted by molar-refractivity contribution is 7.92. The van der Waals surface area contributed by atoms with Crippen LogP contribution in [0.25, 0.3) is 0 Å². The molecule has 4 aromatic carbocycles. The number of hydrazone groups is 1. The van der Waals surface area contributed by atoms with E-state index in [2.05, 4.69) is 10.5 Å². The van der Waals surface area contributed by atoms with Crippen molar-refractivity contribution in [3.8, 4) is 11.5 Å². The number of amides is 1. The molecule has 0 aliphatic heterocycles. The Morgan fingerprint density at radius 2 is 1.47 bits per heavy atom. The number of phenols is 1. The zero-order valence-electron chi connectivity index (χ0n) is 20.9. The summed E-state index contributed by atoms with van der Waals surface area (Å²) >= 11 is 0. The van der Waals surface area contributed by atoms with Crippen molar-refractivity contribution in [1.29, 1.82) is 0 Å². The van der Waals surface area contributed by atoms with Crippen molar-refractivity contribution < 1.29 is 23.1 Å². The van der Waals surface area contributed by atoms with E-state index >= 15 is 0 Å². The van der Waals surface area contributed by atoms with Crippen LogP contribution in [0, 0.1) is 0 Å². The monoisotopic (exact) mass is 529 g/mol. The Bertz CT molecular complexity index is 1550. The van der Waals surface area contributed by atoms with Gasteiger partial charge in [-0.1, -0.05) is 54.6 Å². The summed E-state index contributed by atoms with van der Waals surface area (Å²) in [4.78, 5) is 13.3. The van der Waals surface area contributed by atoms with E-state index < -0.39 is 15.9 Å². The van der Waals surface area contributed by atoms with Crippen LogP contribution in [0.3, 0.4) is 0 Å². The second-order valence-electron chi connectivity index (χ2n) is 8.35. The molecule has 0 unspecified atom stereocenters. The summed E-state index contributed by atoms with van der Waals surface area (Å²) in [6.45, 7) is 1.65. The summed E-state index contributed by atoms with van der Waals surface area (Å²) in [6.07, 6.45) is 0. The Hall–Kier alpha value is -4.63. The zero-order valence-corrected chi connectivity index (χ0v) is 21.7. The van der Waals surface area contributed by atoms with Crippen LogP contribution in [-0.4, -0.2) is 32.3 Å². The zero-order chi connectivity index (χ0) is 27.1. The van der Waals surface area contributed by atoms with Crippen molar-refractivity contribution in [3.05, 3.63) is 120 Å². The highest BCUT2D eigenvalue weighted by Gasteiger charge is 2.28. The van der Waals surface area contributed by atoms with Gasteiger partial charge in [0, 0.05) is 5.56 Å². The second kappa shape index (κ2) is 11.6. The molecule has 0 aliphatic rings. The van der Waals surface area contributed by atoms with E-state index in [9.17, 15) is 18.3 Å². The Labute approximate surface area is 221 Å². The third kappa shape index (κ3) is 5.84. The normalized spacial score (nSPS) is 11.6. The fourth-order valence-corrected chi connectivity index (χ4v) is 5.31. The van der Waals surface area contributed by atoms with Crippen LogP contribution in [0.5, 0.6) is 11.5 Å². The van der Waals surface area contributed by atoms with E-state index in [0.717, 1.165) is 5.56 Å². The smallest absolute Gasteiger partial charge is 0.273 e. The first kappa shape index (κ1) is 26.4. The van der Waals surface area contributed by atoms with Gasteiger partial charge in [0.1, 0.15) is 11.5 Å². The van der Waals surface area contributed by atoms with Gasteiger partial charge in [-0.2, -0.15) is 5.10 Å². The average Bonchev–Trinajstić information content (AvgIpc) is 2.95. The number of aromatic hydroxyl groups is 1. The lowest BCUT2D eigenvalue weighted by atomic mass is 10.1. The molecule has 0 fully saturated rings. The predicted molar refractivity (Wildman–Crippen MR) is 147 cm³/mol. The summed E-state index contributed by atoms with van der Waals surface area (Å²) in [6, 6.07) is 28.3. The number of hydrogen-bond donors (Lipinski definition) is 2. The van der Waals surface area contributed by atoms with Gasteiger partial charge in [0.25, 0.3) is 15.9 Å². The minimum Gasteiger partial charge on any atom is -0.507 e. The number of nitrogens with one attached hydrogen (secondary N) is 1. The van der Waals surface area contributed by atoms with Crippen molar-refractivity contribution in [3.63, 3.8) is 0 Å². The maximum atomic E-state index is 13.9. The van der Waals surface area contributed by atoms with Crippen LogP contribution in [0.4, 0.5) is 5.69 Å². The molecular formula is C29H27N3O5S. The molecule has 0 saturated heterocycles. The molecule has 0 spiro atoms. The Morgan fingerprint density at radius 1 is 0.868 bits per heavy atom. The number of benzene rings is 4. The molecule has 0 atom stereocenters. The lowest BCUT2D eigenvalue weighted by Gasteiger charge is -2.26. The molecule has 194 valence electrons. The van der Waals surface area contributed by atoms with Gasteiger partial charge in [-0.3, -0.25) is 9.10 Å². The number of nitrogens with zero attached hydrogens (tertiary/aromatic N) is 2. The van der Waals surface area contributed by atoms with Gasteiger partial charge in [-0.25, -0.2) is 13.8 Å². The van der Waals surface area contributed by atoms with E-state index in [1.165, 1.54) is 35.7 Å². The van der Waals surface area contributed by atoms with Crippen molar-refractivity contribution in [1.82, 2.24) is 5.43 Å². The lowest BCUT2D eigenvalue weighted by molar-refractivity contribution is 0.0955. The molecule has 4 rings (SSSR count). The largest absolute Gasteiger partial charge is 0.507 e. The first-order valence-corrected chi connectivity index (χ1v) is 13.2. The summed E-state index contributed by atoms with van der Waals surface area (Å²) in [5, 5.41) is 14.2. The van der Waals surface area contributed by atoms with Crippen molar-refractivity contribution in [2.24, 2.45) is 5.10 Å². The Morgan fingerprint density at radius 3 is 2.13 bits per heavy atom. The van der Waals surface area contributed by atoms with Gasteiger partial charge < -0.3 is 9.84 Å². The van der Waals surface area contributed by atoms with E-state index in [1.807, 2.05) is 30.3 Å². The van der Waals surface area contributed by atoms with Gasteiger partial charge in [0.2, 0.25) is 0 Å². The average molecular weight is 530 g/mol. The first-order chi connectivity index (χ1) is 18.3. The highest BCUT2D eigenvalue weighted by atomic mass is 32.2. The number of para-hydroxylation sites is 2. The van der Waals surface area contributed by atoms with E-state index in [-0.39, 0.29) is 28.4 Å². The third-order valence-electron chi connectivity index (χ3n) is 5.85. The molecule has 4 aromatic rings. The van der Waals surface area contributed by atoms with E-state index in [4.69, 9.17) is 4.74 Å². The Balaban J connectivity index is 1.73. The van der Waals surface area contributed by atoms with Crippen molar-refractivity contribution >= 4 is 27.3 Å². The van der Waals surface area contributed by atoms with Crippen molar-refractivity contribution in [2.75, 3.05) is 11.4 Å². The standard InChI is InChI=1S/C29H27N3O5S/c1-21(25-12-7-9-15-28(25)33)30-31-29(34)26-13-6-8-14-27(26)32(20-22-10-4-3-5-11-22)38(35,36)24-18-16-23(37-2)17-19-24/h3-19,33H,20H2,1-2H3,(H,31,34). The minimum atomic E-state index is -4.08. The number of hydrogen-bond acceptors (Lipinski definition) is 6. The molecule has 0 bridgehead atoms. The second-order valence-corrected chi connectivity index (χ2v) is 10.2. The van der Waals surface area contributed by atoms with Gasteiger partial charge in [-0.05, 0) is 61.0 Å². The lowest BCUT2D eigenvalue weighted by Crippen LogP contribution is -2.33. The van der Waals surface area contributed by atoms with Gasteiger partial charge >= 0.3 is 0 Å². The third-order valence-corrected chi connectivity index (χ3v) is 7.63. The van der Waals surface area contributed by atoms with Gasteiger partial charge in [0.15, 0.2) is 0 Å². The fraction of sp³-hybridized carbons (Fsp3) is 0.103.